The maximum Gasteiger partial charge on any atom is 0.260 e. The van der Waals surface area contributed by atoms with Crippen LogP contribution in [0.3, 0.4) is 0 Å². The summed E-state index contributed by atoms with van der Waals surface area (Å²) < 4.78 is 5.30. The highest BCUT2D eigenvalue weighted by Crippen LogP contribution is 2.15. The average molecular weight is 223 g/mol. The van der Waals surface area contributed by atoms with Gasteiger partial charge in [0, 0.05) is 19.3 Å². The fourth-order valence-electron chi connectivity index (χ4n) is 1.40. The summed E-state index contributed by atoms with van der Waals surface area (Å²) in [5, 5.41) is 0. The summed E-state index contributed by atoms with van der Waals surface area (Å²) in [6.07, 6.45) is 2.88. The van der Waals surface area contributed by atoms with E-state index < -0.39 is 0 Å². The highest BCUT2D eigenvalue weighted by molar-refractivity contribution is 5.96. The van der Waals surface area contributed by atoms with E-state index in [9.17, 15) is 4.79 Å². The molecular formula is C11H17N3O2. The van der Waals surface area contributed by atoms with Gasteiger partial charge < -0.3 is 9.64 Å². The van der Waals surface area contributed by atoms with Crippen LogP contribution in [0.25, 0.3) is 0 Å². The first-order valence-corrected chi connectivity index (χ1v) is 5.46. The summed E-state index contributed by atoms with van der Waals surface area (Å²) >= 11 is 0. The van der Waals surface area contributed by atoms with Crippen LogP contribution in [0, 0.1) is 0 Å². The predicted octanol–water partition coefficient (Wildman–Crippen LogP) is 1.36. The Balaban J connectivity index is 2.97. The van der Waals surface area contributed by atoms with Crippen molar-refractivity contribution in [2.24, 2.45) is 0 Å². The molecule has 1 aromatic rings. The lowest BCUT2D eigenvalue weighted by molar-refractivity contribution is 0.0767. The van der Waals surface area contributed by atoms with Crippen molar-refractivity contribution in [3.05, 3.63) is 18.1 Å². The summed E-state index contributed by atoms with van der Waals surface area (Å²) in [5.74, 6) is 0.267. The Morgan fingerprint density at radius 2 is 2.06 bits per heavy atom. The van der Waals surface area contributed by atoms with E-state index in [0.29, 0.717) is 31.1 Å². The van der Waals surface area contributed by atoms with E-state index in [1.807, 2.05) is 20.8 Å². The van der Waals surface area contributed by atoms with Crippen molar-refractivity contribution in [2.75, 3.05) is 19.7 Å². The number of aromatic nitrogens is 2. The maximum absolute atomic E-state index is 12.1. The second-order valence-corrected chi connectivity index (χ2v) is 3.15. The second kappa shape index (κ2) is 6.05. The second-order valence-electron chi connectivity index (χ2n) is 3.15. The molecule has 0 aliphatic carbocycles. The standard InChI is InChI=1S/C11H17N3O2/c1-4-14(5-2)11(15)9-7-12-8-13-10(9)16-6-3/h7-8H,4-6H2,1-3H3. The summed E-state index contributed by atoms with van der Waals surface area (Å²) in [5.41, 5.74) is 0.424. The summed E-state index contributed by atoms with van der Waals surface area (Å²) in [4.78, 5) is 21.6. The van der Waals surface area contributed by atoms with Crippen LogP contribution in [0.5, 0.6) is 5.88 Å². The minimum atomic E-state index is -0.0888. The van der Waals surface area contributed by atoms with E-state index in [-0.39, 0.29) is 5.91 Å². The monoisotopic (exact) mass is 223 g/mol. The van der Waals surface area contributed by atoms with Crippen LogP contribution in [0.15, 0.2) is 12.5 Å². The van der Waals surface area contributed by atoms with Crippen LogP contribution in [0.4, 0.5) is 0 Å². The molecule has 0 radical (unpaired) electrons. The van der Waals surface area contributed by atoms with Gasteiger partial charge in [0.15, 0.2) is 0 Å². The van der Waals surface area contributed by atoms with Gasteiger partial charge in [-0.15, -0.1) is 0 Å². The zero-order chi connectivity index (χ0) is 12.0. The quantitative estimate of drug-likeness (QED) is 0.756. The van der Waals surface area contributed by atoms with Gasteiger partial charge in [-0.2, -0.15) is 0 Å². The molecule has 0 unspecified atom stereocenters. The largest absolute Gasteiger partial charge is 0.477 e. The molecule has 0 saturated carbocycles. The number of carbonyl (C=O) groups is 1. The molecule has 88 valence electrons. The van der Waals surface area contributed by atoms with Crippen LogP contribution in [0.2, 0.25) is 0 Å². The molecule has 0 aliphatic heterocycles. The average Bonchev–Trinajstić information content (AvgIpc) is 2.31. The van der Waals surface area contributed by atoms with Crippen molar-refractivity contribution in [3.8, 4) is 5.88 Å². The number of rotatable bonds is 5. The third-order valence-electron chi connectivity index (χ3n) is 2.24. The normalized spacial score (nSPS) is 9.94. The van der Waals surface area contributed by atoms with Gasteiger partial charge >= 0.3 is 0 Å². The SMILES string of the molecule is CCOc1ncncc1C(=O)N(CC)CC. The van der Waals surface area contributed by atoms with E-state index in [1.54, 1.807) is 4.90 Å². The predicted molar refractivity (Wildman–Crippen MR) is 60.5 cm³/mol. The molecule has 0 atom stereocenters. The van der Waals surface area contributed by atoms with E-state index in [0.717, 1.165) is 0 Å². The van der Waals surface area contributed by atoms with Crippen LogP contribution in [-0.4, -0.2) is 40.5 Å². The fraction of sp³-hybridized carbons (Fsp3) is 0.545. The summed E-state index contributed by atoms with van der Waals surface area (Å²) in [7, 11) is 0. The van der Waals surface area contributed by atoms with Gasteiger partial charge in [0.05, 0.1) is 6.61 Å². The molecule has 0 aliphatic rings. The molecule has 1 rings (SSSR count). The van der Waals surface area contributed by atoms with Crippen LogP contribution < -0.4 is 4.74 Å². The lowest BCUT2D eigenvalue weighted by Gasteiger charge is -2.19. The van der Waals surface area contributed by atoms with E-state index in [4.69, 9.17) is 4.74 Å². The third-order valence-corrected chi connectivity index (χ3v) is 2.24. The van der Waals surface area contributed by atoms with Gasteiger partial charge in [-0.1, -0.05) is 0 Å². The lowest BCUT2D eigenvalue weighted by atomic mass is 10.2. The lowest BCUT2D eigenvalue weighted by Crippen LogP contribution is -2.31. The Kier molecular flexibility index (Phi) is 4.69. The third kappa shape index (κ3) is 2.68. The van der Waals surface area contributed by atoms with Crippen molar-refractivity contribution in [2.45, 2.75) is 20.8 Å². The van der Waals surface area contributed by atoms with E-state index in [2.05, 4.69) is 9.97 Å². The van der Waals surface area contributed by atoms with Crippen molar-refractivity contribution in [1.29, 1.82) is 0 Å². The van der Waals surface area contributed by atoms with Gasteiger partial charge in [0.1, 0.15) is 11.9 Å². The van der Waals surface area contributed by atoms with E-state index >= 15 is 0 Å². The summed E-state index contributed by atoms with van der Waals surface area (Å²) in [6.45, 7) is 7.53. The number of amides is 1. The summed E-state index contributed by atoms with van der Waals surface area (Å²) in [6, 6.07) is 0. The minimum absolute atomic E-state index is 0.0888. The molecule has 5 nitrogen and oxygen atoms in total. The molecule has 16 heavy (non-hydrogen) atoms. The Bertz CT molecular complexity index is 351. The van der Waals surface area contributed by atoms with E-state index in [1.165, 1.54) is 12.5 Å². The molecule has 0 spiro atoms. The Labute approximate surface area is 95.5 Å². The van der Waals surface area contributed by atoms with Gasteiger partial charge in [-0.05, 0) is 20.8 Å². The van der Waals surface area contributed by atoms with Gasteiger partial charge in [0.25, 0.3) is 5.91 Å². The van der Waals surface area contributed by atoms with Crippen molar-refractivity contribution in [3.63, 3.8) is 0 Å². The number of carbonyl (C=O) groups excluding carboxylic acids is 1. The number of hydrogen-bond acceptors (Lipinski definition) is 4. The van der Waals surface area contributed by atoms with Crippen LogP contribution in [-0.2, 0) is 0 Å². The number of nitrogens with zero attached hydrogens (tertiary/aromatic N) is 3. The highest BCUT2D eigenvalue weighted by Gasteiger charge is 2.18. The fourth-order valence-corrected chi connectivity index (χ4v) is 1.40. The zero-order valence-corrected chi connectivity index (χ0v) is 9.93. The minimum Gasteiger partial charge on any atom is -0.477 e. The number of ether oxygens (including phenoxy) is 1. The smallest absolute Gasteiger partial charge is 0.260 e. The molecule has 1 aromatic heterocycles. The molecule has 1 heterocycles. The molecule has 1 amide bonds. The van der Waals surface area contributed by atoms with Gasteiger partial charge in [-0.25, -0.2) is 9.97 Å². The molecule has 0 N–H and O–H groups in total. The topological polar surface area (TPSA) is 55.3 Å². The molecule has 0 fully saturated rings. The maximum atomic E-state index is 12.1. The highest BCUT2D eigenvalue weighted by atomic mass is 16.5. The zero-order valence-electron chi connectivity index (χ0n) is 9.93. The molecule has 0 saturated heterocycles. The van der Waals surface area contributed by atoms with Gasteiger partial charge in [0.2, 0.25) is 5.88 Å². The Morgan fingerprint density at radius 3 is 2.62 bits per heavy atom. The number of hydrogen-bond donors (Lipinski definition) is 0. The van der Waals surface area contributed by atoms with Crippen molar-refractivity contribution < 1.29 is 9.53 Å². The first-order chi connectivity index (χ1) is 7.74. The van der Waals surface area contributed by atoms with Crippen molar-refractivity contribution in [1.82, 2.24) is 14.9 Å². The van der Waals surface area contributed by atoms with Gasteiger partial charge in [-0.3, -0.25) is 4.79 Å². The first-order valence-electron chi connectivity index (χ1n) is 5.46. The molecular weight excluding hydrogens is 206 g/mol. The van der Waals surface area contributed by atoms with Crippen LogP contribution >= 0.6 is 0 Å². The molecule has 0 bridgehead atoms. The first kappa shape index (κ1) is 12.4. The van der Waals surface area contributed by atoms with Crippen molar-refractivity contribution >= 4 is 5.91 Å². The Hall–Kier alpha value is -1.65. The Morgan fingerprint density at radius 1 is 1.38 bits per heavy atom. The molecule has 5 heteroatoms. The molecule has 0 aromatic carbocycles. The van der Waals surface area contributed by atoms with Crippen LogP contribution in [0.1, 0.15) is 31.1 Å².